The molecule has 0 aliphatic rings. The molecule has 1 rings (SSSR count). The Morgan fingerprint density at radius 3 is 2.18 bits per heavy atom. The Balaban J connectivity index is 3.50. The van der Waals surface area contributed by atoms with Gasteiger partial charge in [0.1, 0.15) is 0 Å². The molecule has 0 heterocycles. The minimum Gasteiger partial charge on any atom is -0.253 e. The maximum atomic E-state index is 12.3. The lowest BCUT2D eigenvalue weighted by Gasteiger charge is -2.35. The van der Waals surface area contributed by atoms with Crippen molar-refractivity contribution in [1.82, 2.24) is 0 Å². The highest BCUT2D eigenvalue weighted by atomic mass is 19.3. The predicted molar refractivity (Wildman–Crippen MR) is 60.4 cm³/mol. The molecule has 3 nitrogen and oxygen atoms in total. The lowest BCUT2D eigenvalue weighted by Crippen LogP contribution is -2.46. The van der Waals surface area contributed by atoms with Crippen molar-refractivity contribution in [2.45, 2.75) is 26.2 Å². The zero-order valence-electron chi connectivity index (χ0n) is 10.0. The van der Waals surface area contributed by atoms with E-state index in [2.05, 4.69) is 4.94 Å². The number of carbonyl (C=O) groups excluding carboxylic acids is 1. The lowest BCUT2D eigenvalue weighted by molar-refractivity contribution is -0.192. The summed E-state index contributed by atoms with van der Waals surface area (Å²) in [5.74, 6) is -1.18. The second kappa shape index (κ2) is 4.54. The summed E-state index contributed by atoms with van der Waals surface area (Å²) < 4.78 is 12.3. The lowest BCUT2D eigenvalue weighted by atomic mass is 9.63. The maximum Gasteiger partial charge on any atom is 0.373 e. The van der Waals surface area contributed by atoms with Gasteiger partial charge in [-0.15, -0.1) is 0 Å². The van der Waals surface area contributed by atoms with Crippen LogP contribution in [0.1, 0.15) is 26.3 Å². The van der Waals surface area contributed by atoms with E-state index in [0.717, 1.165) is 0 Å². The molecule has 0 aliphatic heterocycles. The van der Waals surface area contributed by atoms with Gasteiger partial charge in [0.2, 0.25) is 0 Å². The van der Waals surface area contributed by atoms with Crippen molar-refractivity contribution >= 4 is 5.97 Å². The van der Waals surface area contributed by atoms with Gasteiger partial charge in [-0.25, -0.2) is 4.79 Å². The maximum absolute atomic E-state index is 12.3. The van der Waals surface area contributed by atoms with Crippen molar-refractivity contribution in [3.8, 4) is 6.07 Å². The predicted octanol–water partition coefficient (Wildman–Crippen LogP) is 2.92. The van der Waals surface area contributed by atoms with E-state index >= 15 is 0 Å². The first-order chi connectivity index (χ1) is 7.90. The van der Waals surface area contributed by atoms with Crippen LogP contribution in [0.5, 0.6) is 0 Å². The summed E-state index contributed by atoms with van der Waals surface area (Å²) in [6, 6.07) is 10.3. The fourth-order valence-electron chi connectivity index (χ4n) is 1.88. The zero-order chi connectivity index (χ0) is 13.1. The monoisotopic (exact) mass is 235 g/mol. The van der Waals surface area contributed by atoms with E-state index in [9.17, 15) is 14.6 Å². The van der Waals surface area contributed by atoms with Crippen molar-refractivity contribution in [3.63, 3.8) is 0 Å². The molecular weight excluding hydrogens is 221 g/mol. The van der Waals surface area contributed by atoms with Crippen molar-refractivity contribution < 1.29 is 14.3 Å². The average Bonchev–Trinajstić information content (AvgIpc) is 2.30. The van der Waals surface area contributed by atoms with Crippen LogP contribution in [0.15, 0.2) is 30.3 Å². The van der Waals surface area contributed by atoms with E-state index in [0.29, 0.717) is 5.56 Å². The number of hydrogen-bond acceptors (Lipinski definition) is 3. The summed E-state index contributed by atoms with van der Waals surface area (Å²) in [5.41, 5.74) is -2.01. The third-order valence-corrected chi connectivity index (χ3v) is 2.88. The first kappa shape index (κ1) is 13.2. The molecule has 0 spiro atoms. The van der Waals surface area contributed by atoms with Crippen LogP contribution in [0, 0.1) is 16.7 Å². The quantitative estimate of drug-likeness (QED) is 0.791. The summed E-state index contributed by atoms with van der Waals surface area (Å²) in [5, 5.41) is 9.35. The highest BCUT2D eigenvalue weighted by molar-refractivity contribution is 5.87. The molecule has 0 fully saturated rings. The van der Waals surface area contributed by atoms with Crippen LogP contribution in [0.4, 0.5) is 4.53 Å². The number of hydrogen-bond donors (Lipinski definition) is 0. The molecule has 0 aromatic heterocycles. The van der Waals surface area contributed by atoms with E-state index < -0.39 is 16.8 Å². The Kier molecular flexibility index (Phi) is 3.52. The third-order valence-electron chi connectivity index (χ3n) is 2.88. The van der Waals surface area contributed by atoms with Gasteiger partial charge < -0.3 is 0 Å². The number of halogens is 1. The van der Waals surface area contributed by atoms with Gasteiger partial charge in [-0.05, 0) is 11.0 Å². The van der Waals surface area contributed by atoms with Crippen LogP contribution >= 0.6 is 0 Å². The second-order valence-electron chi connectivity index (χ2n) is 4.84. The summed E-state index contributed by atoms with van der Waals surface area (Å²) >= 11 is 0. The topological polar surface area (TPSA) is 50.1 Å². The fraction of sp³-hybridized carbons (Fsp3) is 0.385. The third kappa shape index (κ3) is 2.01. The van der Waals surface area contributed by atoms with E-state index in [1.54, 1.807) is 51.1 Å². The molecule has 1 aromatic carbocycles. The minimum absolute atomic E-state index is 0.428. The van der Waals surface area contributed by atoms with Crippen LogP contribution in [-0.4, -0.2) is 5.97 Å². The highest BCUT2D eigenvalue weighted by Gasteiger charge is 2.53. The first-order valence-electron chi connectivity index (χ1n) is 5.20. The molecule has 1 unspecified atom stereocenters. The zero-order valence-corrected chi connectivity index (χ0v) is 10.0. The summed E-state index contributed by atoms with van der Waals surface area (Å²) in [7, 11) is 0. The molecule has 1 atom stereocenters. The molecule has 0 N–H and O–H groups in total. The summed E-state index contributed by atoms with van der Waals surface area (Å²) in [4.78, 5) is 15.0. The summed E-state index contributed by atoms with van der Waals surface area (Å²) in [6.45, 7) is 5.08. The molecule has 4 heteroatoms. The molecule has 0 aliphatic carbocycles. The Labute approximate surface area is 99.7 Å². The van der Waals surface area contributed by atoms with E-state index in [1.807, 2.05) is 6.07 Å². The Hall–Kier alpha value is -1.89. The fourth-order valence-corrected chi connectivity index (χ4v) is 1.88. The Bertz CT molecular complexity index is 445. The molecule has 0 saturated heterocycles. The van der Waals surface area contributed by atoms with Crippen molar-refractivity contribution in [3.05, 3.63) is 35.9 Å². The summed E-state index contributed by atoms with van der Waals surface area (Å²) in [6.07, 6.45) is 0. The second-order valence-corrected chi connectivity index (χ2v) is 4.84. The molecule has 1 aromatic rings. The van der Waals surface area contributed by atoms with Gasteiger partial charge in [0, 0.05) is 4.53 Å². The van der Waals surface area contributed by atoms with Crippen molar-refractivity contribution in [1.29, 1.82) is 5.26 Å². The van der Waals surface area contributed by atoms with Gasteiger partial charge in [-0.2, -0.15) is 5.26 Å². The van der Waals surface area contributed by atoms with Crippen molar-refractivity contribution in [2.24, 2.45) is 5.41 Å². The average molecular weight is 235 g/mol. The van der Waals surface area contributed by atoms with E-state index in [4.69, 9.17) is 0 Å². The van der Waals surface area contributed by atoms with E-state index in [1.165, 1.54) is 0 Å². The van der Waals surface area contributed by atoms with Crippen LogP contribution in [0.2, 0.25) is 0 Å². The Morgan fingerprint density at radius 2 is 1.82 bits per heavy atom. The number of benzene rings is 1. The largest absolute Gasteiger partial charge is 0.373 e. The van der Waals surface area contributed by atoms with Crippen LogP contribution in [0.25, 0.3) is 0 Å². The van der Waals surface area contributed by atoms with Gasteiger partial charge in [-0.1, -0.05) is 51.1 Å². The smallest absolute Gasteiger partial charge is 0.253 e. The van der Waals surface area contributed by atoms with Gasteiger partial charge >= 0.3 is 5.97 Å². The molecule has 0 amide bonds. The van der Waals surface area contributed by atoms with Crippen LogP contribution in [-0.2, 0) is 15.2 Å². The van der Waals surface area contributed by atoms with Gasteiger partial charge in [0.25, 0.3) is 0 Å². The molecule has 0 bridgehead atoms. The number of carbonyl (C=O) groups is 1. The molecule has 0 saturated carbocycles. The Morgan fingerprint density at radius 1 is 1.29 bits per heavy atom. The molecule has 90 valence electrons. The molecule has 17 heavy (non-hydrogen) atoms. The van der Waals surface area contributed by atoms with Gasteiger partial charge in [-0.3, -0.25) is 4.94 Å². The van der Waals surface area contributed by atoms with Crippen LogP contribution in [0.3, 0.4) is 0 Å². The number of nitriles is 1. The first-order valence-corrected chi connectivity index (χ1v) is 5.20. The normalized spacial score (nSPS) is 14.5. The number of rotatable bonds is 2. The van der Waals surface area contributed by atoms with Gasteiger partial charge in [0.05, 0.1) is 6.07 Å². The minimum atomic E-state index is -1.65. The number of nitrogens with zero attached hydrogens (tertiary/aromatic N) is 1. The van der Waals surface area contributed by atoms with E-state index in [-0.39, 0.29) is 0 Å². The SMILES string of the molecule is CC(C)(C)C(C#N)(C(=O)OF)c1ccccc1. The van der Waals surface area contributed by atoms with Crippen LogP contribution < -0.4 is 0 Å². The standard InChI is InChI=1S/C13H14FNO2/c1-12(2,3)13(9-15,11(16)17-14)10-7-5-4-6-8-10/h4-8H,1-3H3. The van der Waals surface area contributed by atoms with Crippen molar-refractivity contribution in [2.75, 3.05) is 0 Å². The molecule has 0 radical (unpaired) electrons. The van der Waals surface area contributed by atoms with Gasteiger partial charge in [0.15, 0.2) is 5.41 Å². The highest BCUT2D eigenvalue weighted by Crippen LogP contribution is 2.42. The molecular formula is C13H14FNO2.